The van der Waals surface area contributed by atoms with Crippen LogP contribution >= 0.6 is 0 Å². The van der Waals surface area contributed by atoms with Crippen molar-refractivity contribution >= 4 is 32.4 Å². The SMILES string of the molecule is CN(C)c1cccc2c(S(=O)(=O)NCCCCCCNC(=O)CCCCCC3N[C@H](CO)[C@H](O)[C@H](O)[C@H]3O)cccc12. The Morgan fingerprint density at radius 2 is 1.48 bits per heavy atom. The predicted octanol–water partition coefficient (Wildman–Crippen LogP) is 1.23. The monoisotopic (exact) mass is 608 g/mol. The summed E-state index contributed by atoms with van der Waals surface area (Å²) in [4.78, 5) is 14.4. The third kappa shape index (κ3) is 9.34. The molecular weight excluding hydrogens is 560 g/mol. The summed E-state index contributed by atoms with van der Waals surface area (Å²) in [5.41, 5.74) is 0.964. The van der Waals surface area contributed by atoms with E-state index in [0.29, 0.717) is 44.2 Å². The lowest BCUT2D eigenvalue weighted by Crippen LogP contribution is -2.65. The van der Waals surface area contributed by atoms with E-state index in [1.165, 1.54) is 0 Å². The molecule has 0 aromatic heterocycles. The number of rotatable bonds is 17. The van der Waals surface area contributed by atoms with Gasteiger partial charge in [-0.05, 0) is 37.8 Å². The number of piperidine rings is 1. The van der Waals surface area contributed by atoms with Gasteiger partial charge in [-0.3, -0.25) is 4.79 Å². The first-order valence-electron chi connectivity index (χ1n) is 14.9. The number of fused-ring (bicyclic) bond motifs is 1. The average Bonchev–Trinajstić information content (AvgIpc) is 2.97. The molecule has 42 heavy (non-hydrogen) atoms. The van der Waals surface area contributed by atoms with Gasteiger partial charge in [0.2, 0.25) is 15.9 Å². The number of nitrogens with zero attached hydrogens (tertiary/aromatic N) is 1. The smallest absolute Gasteiger partial charge is 0.241 e. The molecule has 0 saturated carbocycles. The third-order valence-corrected chi connectivity index (χ3v) is 9.44. The molecule has 1 amide bonds. The van der Waals surface area contributed by atoms with Gasteiger partial charge in [0.05, 0.1) is 29.8 Å². The van der Waals surface area contributed by atoms with E-state index < -0.39 is 40.4 Å². The number of sulfonamides is 1. The maximum absolute atomic E-state index is 13.0. The van der Waals surface area contributed by atoms with E-state index in [-0.39, 0.29) is 17.4 Å². The van der Waals surface area contributed by atoms with E-state index in [4.69, 9.17) is 0 Å². The van der Waals surface area contributed by atoms with E-state index in [9.17, 15) is 33.6 Å². The lowest BCUT2D eigenvalue weighted by molar-refractivity contribution is -0.121. The lowest BCUT2D eigenvalue weighted by atomic mass is 9.88. The number of benzene rings is 2. The summed E-state index contributed by atoms with van der Waals surface area (Å²) in [5, 5.41) is 46.8. The van der Waals surface area contributed by atoms with Crippen LogP contribution in [0.4, 0.5) is 5.69 Å². The number of aliphatic hydroxyl groups excluding tert-OH is 4. The number of nitrogens with one attached hydrogen (secondary N) is 3. The molecular formula is C30H48N4O7S. The van der Waals surface area contributed by atoms with E-state index in [2.05, 4.69) is 15.4 Å². The minimum Gasteiger partial charge on any atom is -0.395 e. The third-order valence-electron chi connectivity index (χ3n) is 7.92. The van der Waals surface area contributed by atoms with Crippen molar-refractivity contribution in [1.29, 1.82) is 0 Å². The first-order chi connectivity index (χ1) is 20.1. The molecule has 7 N–H and O–H groups in total. The molecule has 236 valence electrons. The summed E-state index contributed by atoms with van der Waals surface area (Å²) >= 11 is 0. The van der Waals surface area contributed by atoms with Gasteiger partial charge in [0.1, 0.15) is 6.10 Å². The van der Waals surface area contributed by atoms with Crippen LogP contribution in [-0.2, 0) is 14.8 Å². The van der Waals surface area contributed by atoms with Crippen LogP contribution in [0.3, 0.4) is 0 Å². The zero-order valence-corrected chi connectivity index (χ0v) is 25.5. The van der Waals surface area contributed by atoms with Gasteiger partial charge in [-0.2, -0.15) is 0 Å². The van der Waals surface area contributed by atoms with Crippen LogP contribution in [0.25, 0.3) is 10.8 Å². The molecule has 2 aromatic carbocycles. The molecule has 1 saturated heterocycles. The van der Waals surface area contributed by atoms with Crippen molar-refractivity contribution < 1.29 is 33.6 Å². The highest BCUT2D eigenvalue weighted by Gasteiger charge is 2.41. The summed E-state index contributed by atoms with van der Waals surface area (Å²) < 4.78 is 28.7. The lowest BCUT2D eigenvalue weighted by Gasteiger charge is -2.41. The molecule has 12 heteroatoms. The second kappa shape index (κ2) is 16.5. The molecule has 2 aromatic rings. The van der Waals surface area contributed by atoms with Gasteiger partial charge in [0.25, 0.3) is 0 Å². The van der Waals surface area contributed by atoms with Gasteiger partial charge in [-0.25, -0.2) is 13.1 Å². The normalized spacial score (nSPS) is 22.8. The summed E-state index contributed by atoms with van der Waals surface area (Å²) in [5.74, 6) is -0.00927. The Kier molecular flexibility index (Phi) is 13.4. The van der Waals surface area contributed by atoms with Gasteiger partial charge < -0.3 is 36.0 Å². The van der Waals surface area contributed by atoms with Crippen molar-refractivity contribution in [3.63, 3.8) is 0 Å². The van der Waals surface area contributed by atoms with Gasteiger partial charge in [-0.1, -0.05) is 49.9 Å². The molecule has 3 rings (SSSR count). The summed E-state index contributed by atoms with van der Waals surface area (Å²) in [6.07, 6.45) is 2.86. The number of amides is 1. The fraction of sp³-hybridized carbons (Fsp3) is 0.633. The summed E-state index contributed by atoms with van der Waals surface area (Å²) in [6.45, 7) is 0.603. The Morgan fingerprint density at radius 1 is 0.833 bits per heavy atom. The van der Waals surface area contributed by atoms with Crippen LogP contribution < -0.4 is 20.3 Å². The molecule has 1 heterocycles. The second-order valence-corrected chi connectivity index (χ2v) is 13.1. The van der Waals surface area contributed by atoms with Crippen molar-refractivity contribution in [3.8, 4) is 0 Å². The molecule has 11 nitrogen and oxygen atoms in total. The minimum absolute atomic E-state index is 0.00927. The molecule has 1 fully saturated rings. The van der Waals surface area contributed by atoms with Gasteiger partial charge in [0, 0.05) is 56.1 Å². The highest BCUT2D eigenvalue weighted by atomic mass is 32.2. The molecule has 1 unspecified atom stereocenters. The van der Waals surface area contributed by atoms with E-state index in [0.717, 1.165) is 43.2 Å². The number of aliphatic hydroxyl groups is 4. The Hall–Kier alpha value is -2.32. The summed E-state index contributed by atoms with van der Waals surface area (Å²) in [7, 11) is 0.223. The van der Waals surface area contributed by atoms with Crippen LogP contribution in [-0.4, -0.2) is 98.9 Å². The number of hydrogen-bond donors (Lipinski definition) is 7. The zero-order valence-electron chi connectivity index (χ0n) is 24.7. The number of hydrogen-bond acceptors (Lipinski definition) is 9. The molecule has 0 bridgehead atoms. The number of carbonyl (C=O) groups excluding carboxylic acids is 1. The molecule has 1 aliphatic rings. The fourth-order valence-corrected chi connectivity index (χ4v) is 6.78. The molecule has 0 aliphatic carbocycles. The Morgan fingerprint density at radius 3 is 2.19 bits per heavy atom. The van der Waals surface area contributed by atoms with Gasteiger partial charge in [0.15, 0.2) is 0 Å². The van der Waals surface area contributed by atoms with Crippen LogP contribution in [0.15, 0.2) is 41.3 Å². The van der Waals surface area contributed by atoms with Crippen molar-refractivity contribution in [1.82, 2.24) is 15.4 Å². The highest BCUT2D eigenvalue weighted by Crippen LogP contribution is 2.30. The second-order valence-electron chi connectivity index (χ2n) is 11.3. The number of carbonyl (C=O) groups is 1. The first kappa shape index (κ1) is 34.2. The standard InChI is InChI=1S/C30H48N4O7S/c1-34(2)25-15-10-13-22-21(25)12-11-16-26(22)42(40,41)32-19-9-4-3-8-18-31-27(36)17-7-5-6-14-23-28(37)30(39)29(38)24(20-35)33-23/h10-13,15-16,23-24,28-30,32-33,35,37-39H,3-9,14,17-20H2,1-2H3,(H,31,36)/t23?,24-,28+,29+,30-/m1/s1. The summed E-state index contributed by atoms with van der Waals surface area (Å²) in [6, 6.07) is 9.91. The van der Waals surface area contributed by atoms with Crippen molar-refractivity contribution in [2.45, 2.75) is 93.1 Å². The first-order valence-corrected chi connectivity index (χ1v) is 16.4. The van der Waals surface area contributed by atoms with Crippen LogP contribution in [0.1, 0.15) is 57.8 Å². The van der Waals surface area contributed by atoms with Gasteiger partial charge >= 0.3 is 0 Å². The van der Waals surface area contributed by atoms with Crippen molar-refractivity contribution in [2.24, 2.45) is 0 Å². The number of anilines is 1. The predicted molar refractivity (Wildman–Crippen MR) is 164 cm³/mol. The molecule has 5 atom stereocenters. The maximum Gasteiger partial charge on any atom is 0.241 e. The zero-order chi connectivity index (χ0) is 30.7. The highest BCUT2D eigenvalue weighted by molar-refractivity contribution is 7.89. The number of unbranched alkanes of at least 4 members (excludes halogenated alkanes) is 5. The Bertz CT molecular complexity index is 1240. The Balaban J connectivity index is 1.25. The van der Waals surface area contributed by atoms with Crippen LogP contribution in [0.5, 0.6) is 0 Å². The van der Waals surface area contributed by atoms with Crippen LogP contribution in [0, 0.1) is 0 Å². The van der Waals surface area contributed by atoms with Crippen molar-refractivity contribution in [3.05, 3.63) is 36.4 Å². The molecule has 0 spiro atoms. The quantitative estimate of drug-likeness (QED) is 0.131. The largest absolute Gasteiger partial charge is 0.395 e. The maximum atomic E-state index is 13.0. The van der Waals surface area contributed by atoms with E-state index in [1.807, 2.05) is 43.3 Å². The van der Waals surface area contributed by atoms with E-state index >= 15 is 0 Å². The van der Waals surface area contributed by atoms with Crippen molar-refractivity contribution in [2.75, 3.05) is 38.7 Å². The van der Waals surface area contributed by atoms with Crippen LogP contribution in [0.2, 0.25) is 0 Å². The minimum atomic E-state index is -3.64. The van der Waals surface area contributed by atoms with E-state index in [1.54, 1.807) is 12.1 Å². The molecule has 1 aliphatic heterocycles. The van der Waals surface area contributed by atoms with Gasteiger partial charge in [-0.15, -0.1) is 0 Å². The molecule has 0 radical (unpaired) electrons. The topological polar surface area (TPSA) is 171 Å². The fourth-order valence-electron chi connectivity index (χ4n) is 5.48. The Labute approximate surface area is 249 Å². The average molecular weight is 609 g/mol.